The van der Waals surface area contributed by atoms with E-state index in [1.807, 2.05) is 12.4 Å². The molecule has 0 radical (unpaired) electrons. The van der Waals surface area contributed by atoms with Gasteiger partial charge in [0.2, 0.25) is 5.91 Å². The van der Waals surface area contributed by atoms with Crippen LogP contribution < -0.4 is 0 Å². The molecule has 1 N–H and O–H groups in total. The molecule has 1 atom stereocenters. The van der Waals surface area contributed by atoms with E-state index in [4.69, 9.17) is 0 Å². The number of nitrogens with one attached hydrogen (secondary N) is 1. The second-order valence-corrected chi connectivity index (χ2v) is 7.54. The second kappa shape index (κ2) is 8.04. The molecule has 5 nitrogen and oxygen atoms in total. The number of carbonyl (C=O) groups is 1. The summed E-state index contributed by atoms with van der Waals surface area (Å²) in [7, 11) is 0. The minimum atomic E-state index is 0.308. The van der Waals surface area contributed by atoms with Crippen molar-refractivity contribution in [3.63, 3.8) is 0 Å². The molecule has 0 unspecified atom stereocenters. The molecule has 5 heteroatoms. The van der Waals surface area contributed by atoms with Crippen LogP contribution >= 0.6 is 0 Å². The molecule has 2 heterocycles. The first-order chi connectivity index (χ1) is 12.8. The molecule has 1 amide bonds. The standard InChI is InChI=1S/C21H28N4O/c26-21(7-3-4-17-15-22-23-16-17)25-12-10-24(11-13-25)20-9-8-18-5-1-2-6-19(18)14-20/h1-2,5-6,15-16,20H,3-4,7-14H2,(H,22,23)/t20-/m0/s1. The highest BCUT2D eigenvalue weighted by atomic mass is 16.2. The Morgan fingerprint density at radius 3 is 2.73 bits per heavy atom. The first kappa shape index (κ1) is 17.3. The van der Waals surface area contributed by atoms with E-state index < -0.39 is 0 Å². The van der Waals surface area contributed by atoms with Crippen molar-refractivity contribution in [2.45, 2.75) is 44.6 Å². The Balaban J connectivity index is 1.22. The summed E-state index contributed by atoms with van der Waals surface area (Å²) in [5.41, 5.74) is 4.22. The Morgan fingerprint density at radius 1 is 1.15 bits per heavy atom. The molecule has 0 spiro atoms. The molecule has 1 aromatic heterocycles. The molecular weight excluding hydrogens is 324 g/mol. The Morgan fingerprint density at radius 2 is 1.96 bits per heavy atom. The average molecular weight is 352 g/mol. The lowest BCUT2D eigenvalue weighted by molar-refractivity contribution is -0.133. The molecular formula is C21H28N4O. The third-order valence-electron chi connectivity index (χ3n) is 5.92. The van der Waals surface area contributed by atoms with Crippen LogP contribution in [-0.4, -0.2) is 58.1 Å². The monoisotopic (exact) mass is 352 g/mol. The molecule has 1 aromatic carbocycles. The van der Waals surface area contributed by atoms with Crippen LogP contribution in [0.15, 0.2) is 36.7 Å². The van der Waals surface area contributed by atoms with Gasteiger partial charge in [-0.1, -0.05) is 24.3 Å². The number of aryl methyl sites for hydroxylation is 2. The highest BCUT2D eigenvalue weighted by molar-refractivity contribution is 5.76. The Labute approximate surface area is 155 Å². The van der Waals surface area contributed by atoms with E-state index in [9.17, 15) is 4.79 Å². The van der Waals surface area contributed by atoms with Crippen LogP contribution in [0.1, 0.15) is 36.0 Å². The zero-order valence-corrected chi connectivity index (χ0v) is 15.4. The quantitative estimate of drug-likeness (QED) is 0.899. The maximum Gasteiger partial charge on any atom is 0.222 e. The van der Waals surface area contributed by atoms with E-state index in [1.54, 1.807) is 0 Å². The zero-order valence-electron chi connectivity index (χ0n) is 15.4. The highest BCUT2D eigenvalue weighted by Gasteiger charge is 2.28. The smallest absolute Gasteiger partial charge is 0.222 e. The van der Waals surface area contributed by atoms with Crippen molar-refractivity contribution in [3.05, 3.63) is 53.3 Å². The third kappa shape index (κ3) is 3.98. The largest absolute Gasteiger partial charge is 0.340 e. The van der Waals surface area contributed by atoms with Crippen LogP contribution in [0.2, 0.25) is 0 Å². The van der Waals surface area contributed by atoms with Gasteiger partial charge in [-0.25, -0.2) is 0 Å². The molecule has 0 bridgehead atoms. The van der Waals surface area contributed by atoms with Crippen LogP contribution in [0.5, 0.6) is 0 Å². The average Bonchev–Trinajstić information content (AvgIpc) is 3.21. The van der Waals surface area contributed by atoms with Crippen LogP contribution in [-0.2, 0) is 24.1 Å². The predicted octanol–water partition coefficient (Wildman–Crippen LogP) is 2.43. The molecule has 0 saturated carbocycles. The summed E-state index contributed by atoms with van der Waals surface area (Å²) in [6.45, 7) is 3.78. The first-order valence-corrected chi connectivity index (χ1v) is 9.86. The topological polar surface area (TPSA) is 52.2 Å². The number of aromatic amines is 1. The van der Waals surface area contributed by atoms with Gasteiger partial charge in [-0.15, -0.1) is 0 Å². The molecule has 2 aliphatic rings. The lowest BCUT2D eigenvalue weighted by Gasteiger charge is -2.41. The Kier molecular flexibility index (Phi) is 5.34. The van der Waals surface area contributed by atoms with E-state index in [2.05, 4.69) is 44.3 Å². The molecule has 1 aliphatic heterocycles. The van der Waals surface area contributed by atoms with Crippen molar-refractivity contribution in [2.24, 2.45) is 0 Å². The molecule has 1 fully saturated rings. The minimum Gasteiger partial charge on any atom is -0.340 e. The zero-order chi connectivity index (χ0) is 17.8. The van der Waals surface area contributed by atoms with Gasteiger partial charge < -0.3 is 4.90 Å². The fourth-order valence-corrected chi connectivity index (χ4v) is 4.34. The summed E-state index contributed by atoms with van der Waals surface area (Å²) >= 11 is 0. The molecule has 1 aliphatic carbocycles. The highest BCUT2D eigenvalue weighted by Crippen LogP contribution is 2.25. The van der Waals surface area contributed by atoms with Crippen LogP contribution in [0.4, 0.5) is 0 Å². The van der Waals surface area contributed by atoms with Gasteiger partial charge in [0.25, 0.3) is 0 Å². The van der Waals surface area contributed by atoms with Gasteiger partial charge in [-0.2, -0.15) is 5.10 Å². The summed E-state index contributed by atoms with van der Waals surface area (Å²) in [5, 5.41) is 6.77. The van der Waals surface area contributed by atoms with Gasteiger partial charge in [0.15, 0.2) is 0 Å². The maximum atomic E-state index is 12.5. The van der Waals surface area contributed by atoms with E-state index in [-0.39, 0.29) is 0 Å². The summed E-state index contributed by atoms with van der Waals surface area (Å²) in [6.07, 6.45) is 9.80. The van der Waals surface area contributed by atoms with Gasteiger partial charge in [-0.05, 0) is 48.8 Å². The lowest BCUT2D eigenvalue weighted by atomic mass is 9.87. The fraction of sp³-hybridized carbons (Fsp3) is 0.524. The number of piperazine rings is 1. The Hall–Kier alpha value is -2.14. The second-order valence-electron chi connectivity index (χ2n) is 7.54. The van der Waals surface area contributed by atoms with Crippen molar-refractivity contribution in [1.82, 2.24) is 20.0 Å². The van der Waals surface area contributed by atoms with Crippen LogP contribution in [0, 0.1) is 0 Å². The van der Waals surface area contributed by atoms with Gasteiger partial charge in [-0.3, -0.25) is 14.8 Å². The number of rotatable bonds is 5. The van der Waals surface area contributed by atoms with Crippen molar-refractivity contribution >= 4 is 5.91 Å². The van der Waals surface area contributed by atoms with Crippen molar-refractivity contribution < 1.29 is 4.79 Å². The summed E-state index contributed by atoms with van der Waals surface area (Å²) in [6, 6.07) is 9.49. The van der Waals surface area contributed by atoms with Crippen LogP contribution in [0.25, 0.3) is 0 Å². The minimum absolute atomic E-state index is 0.308. The fourth-order valence-electron chi connectivity index (χ4n) is 4.34. The number of hydrogen-bond acceptors (Lipinski definition) is 3. The maximum absolute atomic E-state index is 12.5. The van der Waals surface area contributed by atoms with Gasteiger partial charge in [0.1, 0.15) is 0 Å². The number of amides is 1. The van der Waals surface area contributed by atoms with Crippen molar-refractivity contribution in [2.75, 3.05) is 26.2 Å². The summed E-state index contributed by atoms with van der Waals surface area (Å²) in [5.74, 6) is 0.308. The van der Waals surface area contributed by atoms with Crippen molar-refractivity contribution in [1.29, 1.82) is 0 Å². The molecule has 2 aromatic rings. The summed E-state index contributed by atoms with van der Waals surface area (Å²) < 4.78 is 0. The first-order valence-electron chi connectivity index (χ1n) is 9.86. The number of nitrogens with zero attached hydrogens (tertiary/aromatic N) is 3. The lowest BCUT2D eigenvalue weighted by Crippen LogP contribution is -2.53. The van der Waals surface area contributed by atoms with Gasteiger partial charge in [0.05, 0.1) is 6.20 Å². The van der Waals surface area contributed by atoms with Gasteiger partial charge in [0, 0.05) is 44.8 Å². The number of fused-ring (bicyclic) bond motifs is 1. The number of benzene rings is 1. The third-order valence-corrected chi connectivity index (χ3v) is 5.92. The molecule has 26 heavy (non-hydrogen) atoms. The van der Waals surface area contributed by atoms with E-state index in [1.165, 1.54) is 29.5 Å². The summed E-state index contributed by atoms with van der Waals surface area (Å²) in [4.78, 5) is 17.1. The Bertz CT molecular complexity index is 719. The molecule has 1 saturated heterocycles. The van der Waals surface area contributed by atoms with Gasteiger partial charge >= 0.3 is 0 Å². The number of aromatic nitrogens is 2. The number of hydrogen-bond donors (Lipinski definition) is 1. The van der Waals surface area contributed by atoms with E-state index >= 15 is 0 Å². The van der Waals surface area contributed by atoms with Crippen molar-refractivity contribution in [3.8, 4) is 0 Å². The predicted molar refractivity (Wildman–Crippen MR) is 102 cm³/mol. The normalized spacial score (nSPS) is 20.8. The van der Waals surface area contributed by atoms with E-state index in [0.29, 0.717) is 18.4 Å². The van der Waals surface area contributed by atoms with E-state index in [0.717, 1.165) is 45.4 Å². The number of H-pyrrole nitrogens is 1. The number of carbonyl (C=O) groups excluding carboxylic acids is 1. The van der Waals surface area contributed by atoms with Crippen LogP contribution in [0.3, 0.4) is 0 Å². The SMILES string of the molecule is O=C(CCCc1cn[nH]c1)N1CCN([C@H]2CCc3ccccc3C2)CC1. The molecule has 4 rings (SSSR count). The molecule has 138 valence electrons.